The Morgan fingerprint density at radius 1 is 1.19 bits per heavy atom. The van der Waals surface area contributed by atoms with Crippen LogP contribution in [0, 0.1) is 13.8 Å². The zero-order valence-corrected chi connectivity index (χ0v) is 11.9. The lowest BCUT2D eigenvalue weighted by atomic mass is 9.90. The quantitative estimate of drug-likeness (QED) is 0.779. The Morgan fingerprint density at radius 2 is 1.95 bits per heavy atom. The van der Waals surface area contributed by atoms with Gasteiger partial charge in [-0.2, -0.15) is 0 Å². The van der Waals surface area contributed by atoms with Crippen molar-refractivity contribution in [3.63, 3.8) is 0 Å². The molecule has 1 fully saturated rings. The highest BCUT2D eigenvalue weighted by molar-refractivity contribution is 5.64. The Morgan fingerprint density at radius 3 is 2.57 bits per heavy atom. The van der Waals surface area contributed by atoms with Crippen molar-refractivity contribution < 1.29 is 10.2 Å². The van der Waals surface area contributed by atoms with Crippen LogP contribution in [-0.2, 0) is 0 Å². The second-order valence-electron chi connectivity index (χ2n) is 5.42. The van der Waals surface area contributed by atoms with Crippen molar-refractivity contribution in [2.75, 3.05) is 5.32 Å². The first-order valence-electron chi connectivity index (χ1n) is 6.85. The van der Waals surface area contributed by atoms with Gasteiger partial charge in [0.25, 0.3) is 0 Å². The Kier molecular flexibility index (Phi) is 3.42. The van der Waals surface area contributed by atoms with Crippen molar-refractivity contribution in [3.8, 4) is 17.1 Å². The first-order valence-corrected chi connectivity index (χ1v) is 6.85. The maximum absolute atomic E-state index is 9.96. The molecule has 21 heavy (non-hydrogen) atoms. The van der Waals surface area contributed by atoms with Crippen LogP contribution in [0.2, 0.25) is 0 Å². The van der Waals surface area contributed by atoms with E-state index >= 15 is 0 Å². The van der Waals surface area contributed by atoms with E-state index in [1.807, 2.05) is 6.92 Å². The fraction of sp³-hybridized carbons (Fsp3) is 0.429. The van der Waals surface area contributed by atoms with Gasteiger partial charge >= 0.3 is 0 Å². The smallest absolute Gasteiger partial charge is 0.243 e. The Hall–Kier alpha value is -2.28. The molecule has 0 saturated heterocycles. The van der Waals surface area contributed by atoms with E-state index in [1.54, 1.807) is 19.2 Å². The molecule has 0 aromatic carbocycles. The summed E-state index contributed by atoms with van der Waals surface area (Å²) in [5.41, 5.74) is 2.35. The third kappa shape index (κ3) is 2.78. The van der Waals surface area contributed by atoms with Gasteiger partial charge in [0, 0.05) is 12.2 Å². The van der Waals surface area contributed by atoms with Crippen LogP contribution in [-0.4, -0.2) is 42.5 Å². The zero-order valence-electron chi connectivity index (χ0n) is 11.9. The van der Waals surface area contributed by atoms with Crippen molar-refractivity contribution >= 4 is 5.95 Å². The van der Waals surface area contributed by atoms with Crippen molar-refractivity contribution in [3.05, 3.63) is 23.5 Å². The highest BCUT2D eigenvalue weighted by Crippen LogP contribution is 2.28. The third-order valence-corrected chi connectivity index (χ3v) is 3.54. The molecule has 0 radical (unpaired) electrons. The van der Waals surface area contributed by atoms with Gasteiger partial charge < -0.3 is 15.5 Å². The van der Waals surface area contributed by atoms with E-state index in [-0.39, 0.29) is 17.9 Å². The summed E-state index contributed by atoms with van der Waals surface area (Å²) in [6.07, 6.45) is 2.83. The summed E-state index contributed by atoms with van der Waals surface area (Å²) in [6.45, 7) is 3.65. The molecule has 1 aliphatic rings. The Balaban J connectivity index is 1.84. The highest BCUT2D eigenvalue weighted by Gasteiger charge is 2.27. The fourth-order valence-corrected chi connectivity index (χ4v) is 2.31. The summed E-state index contributed by atoms with van der Waals surface area (Å²) in [6, 6.07) is 1.82. The van der Waals surface area contributed by atoms with Crippen molar-refractivity contribution in [2.45, 2.75) is 38.8 Å². The maximum atomic E-state index is 9.96. The van der Waals surface area contributed by atoms with Gasteiger partial charge in [0.1, 0.15) is 17.1 Å². The fourth-order valence-electron chi connectivity index (χ4n) is 2.31. The van der Waals surface area contributed by atoms with Crippen molar-refractivity contribution in [2.24, 2.45) is 0 Å². The average molecular weight is 287 g/mol. The van der Waals surface area contributed by atoms with E-state index in [4.69, 9.17) is 0 Å². The maximum Gasteiger partial charge on any atom is 0.243 e. The molecule has 110 valence electrons. The highest BCUT2D eigenvalue weighted by atomic mass is 16.3. The summed E-state index contributed by atoms with van der Waals surface area (Å²) in [7, 11) is 0. The second kappa shape index (κ2) is 5.25. The van der Waals surface area contributed by atoms with Crippen LogP contribution in [0.25, 0.3) is 11.4 Å². The molecule has 0 spiro atoms. The van der Waals surface area contributed by atoms with Crippen LogP contribution in [0.3, 0.4) is 0 Å². The molecule has 3 rings (SSSR count). The number of pyridine rings is 1. The number of aromatic hydroxyl groups is 1. The van der Waals surface area contributed by atoms with Gasteiger partial charge in [-0.15, -0.1) is 10.2 Å². The van der Waals surface area contributed by atoms with Gasteiger partial charge in [-0.1, -0.05) is 0 Å². The number of aromatic nitrogens is 4. The minimum atomic E-state index is -0.232. The van der Waals surface area contributed by atoms with Crippen molar-refractivity contribution in [1.82, 2.24) is 20.2 Å². The minimum absolute atomic E-state index is 0.0667. The first kappa shape index (κ1) is 13.7. The van der Waals surface area contributed by atoms with Gasteiger partial charge in [-0.3, -0.25) is 4.98 Å². The predicted octanol–water partition coefficient (Wildman–Crippen LogP) is 1.19. The molecular formula is C14H17N5O2. The molecule has 0 bridgehead atoms. The number of nitrogens with one attached hydrogen (secondary N) is 1. The Bertz CT molecular complexity index is 670. The molecule has 2 aromatic heterocycles. The van der Waals surface area contributed by atoms with Crippen LogP contribution < -0.4 is 5.32 Å². The lowest BCUT2D eigenvalue weighted by Gasteiger charge is -2.31. The number of anilines is 1. The summed E-state index contributed by atoms with van der Waals surface area (Å²) in [5.74, 6) is 0.497. The van der Waals surface area contributed by atoms with E-state index in [2.05, 4.69) is 25.5 Å². The second-order valence-corrected chi connectivity index (χ2v) is 5.42. The number of nitrogens with zero attached hydrogens (tertiary/aromatic N) is 4. The first-order chi connectivity index (χ1) is 10.0. The number of aryl methyl sites for hydroxylation is 2. The molecule has 7 heteroatoms. The average Bonchev–Trinajstić information content (AvgIpc) is 2.38. The molecule has 3 N–H and O–H groups in total. The summed E-state index contributed by atoms with van der Waals surface area (Å²) >= 11 is 0. The van der Waals surface area contributed by atoms with Gasteiger partial charge in [0.2, 0.25) is 5.95 Å². The Labute approximate surface area is 122 Å². The normalized spacial score (nSPS) is 20.9. The largest absolute Gasteiger partial charge is 0.506 e. The molecule has 7 nitrogen and oxygen atoms in total. The molecule has 0 amide bonds. The van der Waals surface area contributed by atoms with Gasteiger partial charge in [0.05, 0.1) is 11.8 Å². The zero-order chi connectivity index (χ0) is 15.0. The molecule has 0 unspecified atom stereocenters. The number of rotatable bonds is 3. The standard InChI is InChI=1S/C14H17N5O2/c1-7-3-11(21)13(15-6-7)12-8(2)16-14(19-18-12)17-9-4-10(20)5-9/h3,6,9-10,20-21H,4-5H2,1-2H3,(H,16,17,19). The minimum Gasteiger partial charge on any atom is -0.506 e. The van der Waals surface area contributed by atoms with Crippen LogP contribution in [0.5, 0.6) is 5.75 Å². The molecular weight excluding hydrogens is 270 g/mol. The van der Waals surface area contributed by atoms with Gasteiger partial charge in [0.15, 0.2) is 0 Å². The van der Waals surface area contributed by atoms with Crippen molar-refractivity contribution in [1.29, 1.82) is 0 Å². The van der Waals surface area contributed by atoms with E-state index in [0.717, 1.165) is 5.56 Å². The number of hydrogen-bond donors (Lipinski definition) is 3. The monoisotopic (exact) mass is 287 g/mol. The lowest BCUT2D eigenvalue weighted by molar-refractivity contribution is 0.0833. The van der Waals surface area contributed by atoms with E-state index in [0.29, 0.717) is 35.9 Å². The molecule has 2 aromatic rings. The van der Waals surface area contributed by atoms with E-state index < -0.39 is 0 Å². The third-order valence-electron chi connectivity index (χ3n) is 3.54. The van der Waals surface area contributed by atoms with Crippen LogP contribution in [0.15, 0.2) is 12.3 Å². The summed E-state index contributed by atoms with van der Waals surface area (Å²) < 4.78 is 0. The molecule has 0 aliphatic heterocycles. The topological polar surface area (TPSA) is 104 Å². The van der Waals surface area contributed by atoms with Gasteiger partial charge in [-0.25, -0.2) is 4.98 Å². The number of aliphatic hydroxyl groups is 1. The lowest BCUT2D eigenvalue weighted by Crippen LogP contribution is -2.39. The number of aliphatic hydroxyl groups excluding tert-OH is 1. The van der Waals surface area contributed by atoms with Crippen LogP contribution in [0.4, 0.5) is 5.95 Å². The summed E-state index contributed by atoms with van der Waals surface area (Å²) in [4.78, 5) is 8.53. The van der Waals surface area contributed by atoms with Gasteiger partial charge in [-0.05, 0) is 38.3 Å². The SMILES string of the molecule is Cc1cnc(-c2nnc(NC3CC(O)C3)nc2C)c(O)c1. The van der Waals surface area contributed by atoms with Crippen LogP contribution >= 0.6 is 0 Å². The molecule has 1 saturated carbocycles. The number of hydrogen-bond acceptors (Lipinski definition) is 7. The molecule has 2 heterocycles. The molecule has 0 atom stereocenters. The van der Waals surface area contributed by atoms with Crippen LogP contribution in [0.1, 0.15) is 24.1 Å². The van der Waals surface area contributed by atoms with E-state index in [9.17, 15) is 10.2 Å². The predicted molar refractivity (Wildman–Crippen MR) is 76.8 cm³/mol. The van der Waals surface area contributed by atoms with E-state index in [1.165, 1.54) is 0 Å². The molecule has 1 aliphatic carbocycles. The summed E-state index contributed by atoms with van der Waals surface area (Å²) in [5, 5.41) is 30.5.